The predicted octanol–water partition coefficient (Wildman–Crippen LogP) is 2.71. The second-order valence-corrected chi connectivity index (χ2v) is 10.6. The molecule has 0 radical (unpaired) electrons. The van der Waals surface area contributed by atoms with E-state index in [1.807, 2.05) is 0 Å². The van der Waals surface area contributed by atoms with Crippen LogP contribution in [0.1, 0.15) is 46.0 Å². The van der Waals surface area contributed by atoms with Crippen LogP contribution in [0.3, 0.4) is 0 Å². The maximum absolute atomic E-state index is 13.1. The van der Waals surface area contributed by atoms with Crippen molar-refractivity contribution in [1.29, 1.82) is 0 Å². The Morgan fingerprint density at radius 2 is 1.74 bits per heavy atom. The summed E-state index contributed by atoms with van der Waals surface area (Å²) in [6, 6.07) is 4.79. The van der Waals surface area contributed by atoms with Crippen molar-refractivity contribution < 1.29 is 27.1 Å². The molecule has 3 atom stereocenters. The number of nitrogens with one attached hydrogen (secondary N) is 1. The number of sulfonamides is 1. The number of hydrogen-bond acceptors (Lipinski definition) is 5. The fourth-order valence-corrected chi connectivity index (χ4v) is 5.85. The Morgan fingerprint density at radius 1 is 1.10 bits per heavy atom. The summed E-state index contributed by atoms with van der Waals surface area (Å²) in [5.41, 5.74) is 0. The minimum absolute atomic E-state index is 0.0258. The zero-order chi connectivity index (χ0) is 22.6. The van der Waals surface area contributed by atoms with E-state index < -0.39 is 27.7 Å². The van der Waals surface area contributed by atoms with Crippen LogP contribution in [-0.4, -0.2) is 50.3 Å². The first-order valence-electron chi connectivity index (χ1n) is 10.9. The highest BCUT2D eigenvalue weighted by Crippen LogP contribution is 2.29. The lowest BCUT2D eigenvalue weighted by molar-refractivity contribution is -0.154. The molecule has 7 nitrogen and oxygen atoms in total. The van der Waals surface area contributed by atoms with Crippen molar-refractivity contribution >= 4 is 21.9 Å². The lowest BCUT2D eigenvalue weighted by Gasteiger charge is -2.34. The molecule has 3 rings (SSSR count). The van der Waals surface area contributed by atoms with Crippen LogP contribution in [0.5, 0.6) is 0 Å². The number of benzene rings is 1. The molecule has 1 aliphatic heterocycles. The lowest BCUT2D eigenvalue weighted by Crippen LogP contribution is -2.45. The summed E-state index contributed by atoms with van der Waals surface area (Å²) in [5.74, 6) is -0.772. The van der Waals surface area contributed by atoms with Crippen molar-refractivity contribution in [3.63, 3.8) is 0 Å². The van der Waals surface area contributed by atoms with Gasteiger partial charge in [0.2, 0.25) is 10.0 Å². The van der Waals surface area contributed by atoms with E-state index in [4.69, 9.17) is 4.74 Å². The van der Waals surface area contributed by atoms with Gasteiger partial charge in [0, 0.05) is 19.1 Å². The topological polar surface area (TPSA) is 92.8 Å². The summed E-state index contributed by atoms with van der Waals surface area (Å²) in [5, 5.41) is 2.98. The summed E-state index contributed by atoms with van der Waals surface area (Å²) in [6.45, 7) is 4.34. The first-order chi connectivity index (χ1) is 14.7. The molecule has 2 aliphatic rings. The SMILES string of the molecule is C[C@@H]1[C@H](C)CCC[C@H]1NC(=O)COC(=O)C1CCN(S(=O)(=O)c2ccc(F)cc2)CC1. The molecule has 2 fully saturated rings. The van der Waals surface area contributed by atoms with Crippen molar-refractivity contribution in [2.24, 2.45) is 17.8 Å². The van der Waals surface area contributed by atoms with Gasteiger partial charge in [-0.25, -0.2) is 12.8 Å². The Bertz CT molecular complexity index is 882. The maximum atomic E-state index is 13.1. The molecule has 1 saturated carbocycles. The van der Waals surface area contributed by atoms with Crippen LogP contribution in [-0.2, 0) is 24.3 Å². The van der Waals surface area contributed by atoms with E-state index >= 15 is 0 Å². The molecule has 1 saturated heterocycles. The number of carbonyl (C=O) groups excluding carboxylic acids is 2. The van der Waals surface area contributed by atoms with Crippen LogP contribution in [0.15, 0.2) is 29.2 Å². The minimum atomic E-state index is -3.73. The largest absolute Gasteiger partial charge is 0.455 e. The number of amides is 1. The molecule has 0 unspecified atom stereocenters. The van der Waals surface area contributed by atoms with E-state index in [0.717, 1.165) is 31.4 Å². The van der Waals surface area contributed by atoms with Gasteiger partial charge >= 0.3 is 5.97 Å². The van der Waals surface area contributed by atoms with Gasteiger partial charge in [0.15, 0.2) is 6.61 Å². The summed E-state index contributed by atoms with van der Waals surface area (Å²) in [7, 11) is -3.73. The molecular formula is C22H31FN2O5S. The lowest BCUT2D eigenvalue weighted by atomic mass is 9.78. The Morgan fingerprint density at radius 3 is 2.39 bits per heavy atom. The first-order valence-corrected chi connectivity index (χ1v) is 12.3. The highest BCUT2D eigenvalue weighted by atomic mass is 32.2. The normalized spacial score (nSPS) is 25.7. The molecule has 0 spiro atoms. The third kappa shape index (κ3) is 5.83. The Hall–Kier alpha value is -2.00. The number of ether oxygens (including phenoxy) is 1. The molecular weight excluding hydrogens is 423 g/mol. The molecule has 1 aromatic carbocycles. The molecule has 0 bridgehead atoms. The van der Waals surface area contributed by atoms with Crippen molar-refractivity contribution in [3.8, 4) is 0 Å². The molecule has 1 aliphatic carbocycles. The van der Waals surface area contributed by atoms with Crippen LogP contribution in [0, 0.1) is 23.6 Å². The van der Waals surface area contributed by atoms with E-state index in [1.54, 1.807) is 0 Å². The number of esters is 1. The summed E-state index contributed by atoms with van der Waals surface area (Å²) < 4.78 is 44.9. The van der Waals surface area contributed by atoms with Crippen molar-refractivity contribution in [1.82, 2.24) is 9.62 Å². The minimum Gasteiger partial charge on any atom is -0.455 e. The fraction of sp³-hybridized carbons (Fsp3) is 0.636. The molecule has 1 N–H and O–H groups in total. The van der Waals surface area contributed by atoms with Crippen LogP contribution >= 0.6 is 0 Å². The molecule has 1 heterocycles. The number of nitrogens with zero attached hydrogens (tertiary/aromatic N) is 1. The van der Waals surface area contributed by atoms with Crippen LogP contribution in [0.2, 0.25) is 0 Å². The number of rotatable bonds is 6. The van der Waals surface area contributed by atoms with Gasteiger partial charge in [0.05, 0.1) is 10.8 Å². The molecule has 31 heavy (non-hydrogen) atoms. The van der Waals surface area contributed by atoms with Crippen LogP contribution < -0.4 is 5.32 Å². The molecule has 172 valence electrons. The van der Waals surface area contributed by atoms with Gasteiger partial charge in [-0.15, -0.1) is 0 Å². The monoisotopic (exact) mass is 454 g/mol. The fourth-order valence-electron chi connectivity index (χ4n) is 4.38. The highest BCUT2D eigenvalue weighted by Gasteiger charge is 2.33. The molecule has 1 aromatic rings. The van der Waals surface area contributed by atoms with Gasteiger partial charge in [0.25, 0.3) is 5.91 Å². The number of halogens is 1. The van der Waals surface area contributed by atoms with E-state index in [1.165, 1.54) is 16.4 Å². The van der Waals surface area contributed by atoms with Gasteiger partial charge in [-0.2, -0.15) is 4.31 Å². The van der Waals surface area contributed by atoms with Gasteiger partial charge in [0.1, 0.15) is 5.82 Å². The van der Waals surface area contributed by atoms with Gasteiger partial charge in [-0.3, -0.25) is 9.59 Å². The van der Waals surface area contributed by atoms with E-state index in [-0.39, 0.29) is 36.5 Å². The van der Waals surface area contributed by atoms with Gasteiger partial charge in [-0.05, 0) is 55.4 Å². The zero-order valence-electron chi connectivity index (χ0n) is 18.1. The molecule has 1 amide bonds. The number of piperidine rings is 1. The second kappa shape index (κ2) is 10.1. The Balaban J connectivity index is 1.45. The maximum Gasteiger partial charge on any atom is 0.309 e. The smallest absolute Gasteiger partial charge is 0.309 e. The van der Waals surface area contributed by atoms with Crippen molar-refractivity contribution in [2.45, 2.75) is 56.9 Å². The number of hydrogen-bond donors (Lipinski definition) is 1. The highest BCUT2D eigenvalue weighted by molar-refractivity contribution is 7.89. The third-order valence-electron chi connectivity index (χ3n) is 6.64. The van der Waals surface area contributed by atoms with E-state index in [2.05, 4.69) is 19.2 Å². The van der Waals surface area contributed by atoms with E-state index in [9.17, 15) is 22.4 Å². The van der Waals surface area contributed by atoms with Gasteiger partial charge in [-0.1, -0.05) is 26.7 Å². The molecule has 0 aromatic heterocycles. The van der Waals surface area contributed by atoms with Crippen molar-refractivity contribution in [3.05, 3.63) is 30.1 Å². The average molecular weight is 455 g/mol. The second-order valence-electron chi connectivity index (χ2n) is 8.68. The summed E-state index contributed by atoms with van der Waals surface area (Å²) in [6.07, 6.45) is 3.82. The summed E-state index contributed by atoms with van der Waals surface area (Å²) >= 11 is 0. The quantitative estimate of drug-likeness (QED) is 0.667. The predicted molar refractivity (Wildman–Crippen MR) is 113 cm³/mol. The van der Waals surface area contributed by atoms with Crippen LogP contribution in [0.25, 0.3) is 0 Å². The van der Waals surface area contributed by atoms with E-state index in [0.29, 0.717) is 24.7 Å². The number of carbonyl (C=O) groups is 2. The molecule has 9 heteroatoms. The van der Waals surface area contributed by atoms with Gasteiger partial charge < -0.3 is 10.1 Å². The van der Waals surface area contributed by atoms with Crippen LogP contribution in [0.4, 0.5) is 4.39 Å². The Kier molecular flexibility index (Phi) is 7.69. The zero-order valence-corrected chi connectivity index (χ0v) is 18.9. The average Bonchev–Trinajstić information content (AvgIpc) is 2.75. The Labute approximate surface area is 183 Å². The summed E-state index contributed by atoms with van der Waals surface area (Å²) in [4.78, 5) is 24.6. The standard InChI is InChI=1S/C22H31FN2O5S/c1-15-4-3-5-20(16(15)2)24-21(26)14-30-22(27)17-10-12-25(13-11-17)31(28,29)19-8-6-18(23)7-9-19/h6-9,15-17,20H,3-5,10-14H2,1-2H3,(H,24,26)/t15-,16-,20-/m1/s1. The first kappa shape index (κ1) is 23.7. The van der Waals surface area contributed by atoms with Crippen molar-refractivity contribution in [2.75, 3.05) is 19.7 Å². The third-order valence-corrected chi connectivity index (χ3v) is 8.55.